The van der Waals surface area contributed by atoms with Gasteiger partial charge in [-0.3, -0.25) is 4.72 Å². The van der Waals surface area contributed by atoms with Crippen LogP contribution in [0.2, 0.25) is 0 Å². The van der Waals surface area contributed by atoms with Crippen LogP contribution in [-0.4, -0.2) is 28.4 Å². The van der Waals surface area contributed by atoms with Crippen molar-refractivity contribution >= 4 is 15.8 Å². The zero-order chi connectivity index (χ0) is 18.2. The molecule has 7 nitrogen and oxygen atoms in total. The van der Waals surface area contributed by atoms with Crippen molar-refractivity contribution in [2.75, 3.05) is 4.72 Å². The quantitative estimate of drug-likeness (QED) is 0.775. The van der Waals surface area contributed by atoms with Gasteiger partial charge in [-0.25, -0.2) is 8.42 Å². The third kappa shape index (κ3) is 3.53. The van der Waals surface area contributed by atoms with Crippen LogP contribution in [0.4, 0.5) is 5.82 Å². The first-order chi connectivity index (χ1) is 11.8. The van der Waals surface area contributed by atoms with Crippen molar-refractivity contribution in [3.05, 3.63) is 58.9 Å². The Morgan fingerprint density at radius 2 is 1.64 bits per heavy atom. The smallest absolute Gasteiger partial charge is 0.263 e. The lowest BCUT2D eigenvalue weighted by Gasteiger charge is -2.11. The second-order valence-corrected chi connectivity index (χ2v) is 7.65. The maximum absolute atomic E-state index is 12.7. The summed E-state index contributed by atoms with van der Waals surface area (Å²) < 4.78 is 29.5. The summed E-state index contributed by atoms with van der Waals surface area (Å²) in [6, 6.07) is 10.2. The van der Waals surface area contributed by atoms with Crippen LogP contribution in [0.1, 0.15) is 22.5 Å². The van der Waals surface area contributed by atoms with Crippen LogP contribution in [0.5, 0.6) is 0 Å². The molecule has 0 aliphatic carbocycles. The Bertz CT molecular complexity index is 1020. The van der Waals surface area contributed by atoms with Gasteiger partial charge in [0.25, 0.3) is 10.0 Å². The molecule has 130 valence electrons. The highest BCUT2D eigenvalue weighted by Gasteiger charge is 2.19. The molecule has 0 aliphatic heterocycles. The molecule has 0 atom stereocenters. The SMILES string of the molecule is Cc1ccc(-n2nc(C)cc2NS(=O)(=O)c2ccc(C)c(C)c2)nn1. The molecule has 0 amide bonds. The maximum Gasteiger partial charge on any atom is 0.263 e. The predicted molar refractivity (Wildman–Crippen MR) is 95.4 cm³/mol. The molecule has 0 spiro atoms. The molecule has 8 heteroatoms. The highest BCUT2D eigenvalue weighted by molar-refractivity contribution is 7.92. The van der Waals surface area contributed by atoms with E-state index in [-0.39, 0.29) is 4.90 Å². The Morgan fingerprint density at radius 3 is 2.28 bits per heavy atom. The minimum atomic E-state index is -3.74. The minimum absolute atomic E-state index is 0.205. The molecule has 1 aromatic carbocycles. The van der Waals surface area contributed by atoms with Crippen LogP contribution in [0.15, 0.2) is 41.3 Å². The molecule has 3 rings (SSSR count). The van der Waals surface area contributed by atoms with Crippen molar-refractivity contribution in [2.24, 2.45) is 0 Å². The molecular weight excluding hydrogens is 338 g/mol. The van der Waals surface area contributed by atoms with Crippen molar-refractivity contribution in [2.45, 2.75) is 32.6 Å². The average molecular weight is 357 g/mol. The van der Waals surface area contributed by atoms with E-state index in [1.807, 2.05) is 20.8 Å². The van der Waals surface area contributed by atoms with Crippen LogP contribution in [0, 0.1) is 27.7 Å². The number of aromatic nitrogens is 4. The molecular formula is C17H19N5O2S. The Labute approximate surface area is 146 Å². The summed E-state index contributed by atoms with van der Waals surface area (Å²) in [6.07, 6.45) is 0. The number of rotatable bonds is 4. The number of anilines is 1. The first-order valence-corrected chi connectivity index (χ1v) is 9.22. The van der Waals surface area contributed by atoms with Gasteiger partial charge in [-0.2, -0.15) is 14.9 Å². The lowest BCUT2D eigenvalue weighted by Crippen LogP contribution is -2.16. The summed E-state index contributed by atoms with van der Waals surface area (Å²) in [7, 11) is -3.74. The van der Waals surface area contributed by atoms with Gasteiger partial charge in [0, 0.05) is 6.07 Å². The topological polar surface area (TPSA) is 89.8 Å². The van der Waals surface area contributed by atoms with E-state index >= 15 is 0 Å². The van der Waals surface area contributed by atoms with E-state index in [0.29, 0.717) is 17.3 Å². The fourth-order valence-electron chi connectivity index (χ4n) is 2.33. The molecule has 25 heavy (non-hydrogen) atoms. The summed E-state index contributed by atoms with van der Waals surface area (Å²) in [5.41, 5.74) is 3.39. The van der Waals surface area contributed by atoms with E-state index in [0.717, 1.165) is 16.8 Å². The van der Waals surface area contributed by atoms with E-state index in [2.05, 4.69) is 20.0 Å². The maximum atomic E-state index is 12.7. The normalized spacial score (nSPS) is 11.5. The standard InChI is InChI=1S/C17H19N5O2S/c1-11-5-7-15(9-12(11)2)25(23,24)21-17-10-14(4)20-22(17)16-8-6-13(3)18-19-16/h5-10,21H,1-4H3. The predicted octanol–water partition coefficient (Wildman–Crippen LogP) is 2.70. The number of hydrogen-bond acceptors (Lipinski definition) is 5. The highest BCUT2D eigenvalue weighted by Crippen LogP contribution is 2.21. The van der Waals surface area contributed by atoms with E-state index in [4.69, 9.17) is 0 Å². The van der Waals surface area contributed by atoms with Crippen LogP contribution in [0.25, 0.3) is 5.82 Å². The van der Waals surface area contributed by atoms with Gasteiger partial charge in [0.05, 0.1) is 16.3 Å². The zero-order valence-electron chi connectivity index (χ0n) is 14.5. The molecule has 0 bridgehead atoms. The molecule has 2 heterocycles. The largest absolute Gasteiger partial charge is 0.263 e. The van der Waals surface area contributed by atoms with Gasteiger partial charge < -0.3 is 0 Å². The van der Waals surface area contributed by atoms with Crippen molar-refractivity contribution in [1.82, 2.24) is 20.0 Å². The zero-order valence-corrected chi connectivity index (χ0v) is 15.3. The van der Waals surface area contributed by atoms with Crippen molar-refractivity contribution in [3.63, 3.8) is 0 Å². The summed E-state index contributed by atoms with van der Waals surface area (Å²) in [5.74, 6) is 0.755. The van der Waals surface area contributed by atoms with Gasteiger partial charge in [0.15, 0.2) is 5.82 Å². The van der Waals surface area contributed by atoms with E-state index in [1.165, 1.54) is 4.68 Å². The number of sulfonamides is 1. The van der Waals surface area contributed by atoms with E-state index < -0.39 is 10.0 Å². The monoisotopic (exact) mass is 357 g/mol. The lowest BCUT2D eigenvalue weighted by molar-refractivity contribution is 0.600. The van der Waals surface area contributed by atoms with Crippen molar-refractivity contribution in [3.8, 4) is 5.82 Å². The highest BCUT2D eigenvalue weighted by atomic mass is 32.2. The third-order valence-electron chi connectivity index (χ3n) is 3.86. The first kappa shape index (κ1) is 17.1. The Balaban J connectivity index is 2.00. The fourth-order valence-corrected chi connectivity index (χ4v) is 3.45. The molecule has 0 fully saturated rings. The summed E-state index contributed by atoms with van der Waals surface area (Å²) in [4.78, 5) is 0.205. The molecule has 0 unspecified atom stereocenters. The van der Waals surface area contributed by atoms with Gasteiger partial charge in [-0.05, 0) is 63.1 Å². The van der Waals surface area contributed by atoms with Gasteiger partial charge in [-0.1, -0.05) is 6.07 Å². The van der Waals surface area contributed by atoms with Crippen molar-refractivity contribution < 1.29 is 8.42 Å². The fraction of sp³-hybridized carbons (Fsp3) is 0.235. The Morgan fingerprint density at radius 1 is 0.880 bits per heavy atom. The number of hydrogen-bond donors (Lipinski definition) is 1. The summed E-state index contributed by atoms with van der Waals surface area (Å²) in [6.45, 7) is 7.43. The molecule has 0 saturated heterocycles. The molecule has 0 radical (unpaired) electrons. The van der Waals surface area contributed by atoms with Crippen LogP contribution >= 0.6 is 0 Å². The Kier molecular flexibility index (Phi) is 4.30. The van der Waals surface area contributed by atoms with Gasteiger partial charge in [0.1, 0.15) is 5.82 Å². The van der Waals surface area contributed by atoms with Gasteiger partial charge in [0.2, 0.25) is 0 Å². The second kappa shape index (κ2) is 6.29. The average Bonchev–Trinajstić information content (AvgIpc) is 2.90. The molecule has 0 saturated carbocycles. The lowest BCUT2D eigenvalue weighted by atomic mass is 10.1. The Hall–Kier alpha value is -2.74. The van der Waals surface area contributed by atoms with E-state index in [9.17, 15) is 8.42 Å². The van der Waals surface area contributed by atoms with Crippen LogP contribution in [-0.2, 0) is 10.0 Å². The number of benzene rings is 1. The molecule has 3 aromatic rings. The third-order valence-corrected chi connectivity index (χ3v) is 5.21. The minimum Gasteiger partial charge on any atom is -0.263 e. The summed E-state index contributed by atoms with van der Waals surface area (Å²) >= 11 is 0. The first-order valence-electron chi connectivity index (χ1n) is 7.74. The number of nitrogens with zero attached hydrogens (tertiary/aromatic N) is 4. The van der Waals surface area contributed by atoms with Crippen LogP contribution in [0.3, 0.4) is 0 Å². The molecule has 1 N–H and O–H groups in total. The van der Waals surface area contributed by atoms with Gasteiger partial charge in [-0.15, -0.1) is 5.10 Å². The summed E-state index contributed by atoms with van der Waals surface area (Å²) in [5, 5.41) is 12.4. The molecule has 0 aliphatic rings. The number of nitrogens with one attached hydrogen (secondary N) is 1. The van der Waals surface area contributed by atoms with Crippen molar-refractivity contribution in [1.29, 1.82) is 0 Å². The number of aryl methyl sites for hydroxylation is 4. The van der Waals surface area contributed by atoms with Crippen LogP contribution < -0.4 is 4.72 Å². The second-order valence-electron chi connectivity index (χ2n) is 5.97. The van der Waals surface area contributed by atoms with E-state index in [1.54, 1.807) is 43.3 Å². The van der Waals surface area contributed by atoms with Gasteiger partial charge >= 0.3 is 0 Å². The molecule has 2 aromatic heterocycles.